The number of anilines is 2. The molecule has 0 saturated heterocycles. The van der Waals surface area contributed by atoms with Gasteiger partial charge < -0.3 is 14.6 Å². The van der Waals surface area contributed by atoms with Crippen LogP contribution in [0.5, 0.6) is 0 Å². The number of hydrogen-bond acceptors (Lipinski definition) is 5. The van der Waals surface area contributed by atoms with Crippen LogP contribution in [-0.2, 0) is 4.74 Å². The molecule has 5 nitrogen and oxygen atoms in total. The van der Waals surface area contributed by atoms with Gasteiger partial charge in [-0.25, -0.2) is 4.79 Å². The molecule has 3 aromatic rings. The Labute approximate surface area is 150 Å². The zero-order valence-corrected chi connectivity index (χ0v) is 14.8. The molecule has 0 spiro atoms. The highest BCUT2D eigenvalue weighted by Gasteiger charge is 2.25. The van der Waals surface area contributed by atoms with Gasteiger partial charge in [0.05, 0.1) is 7.11 Å². The van der Waals surface area contributed by atoms with Gasteiger partial charge in [0.15, 0.2) is 5.56 Å². The fourth-order valence-electron chi connectivity index (χ4n) is 2.68. The van der Waals surface area contributed by atoms with Crippen LogP contribution in [0.4, 0.5) is 11.6 Å². The van der Waals surface area contributed by atoms with Gasteiger partial charge >= 0.3 is 5.97 Å². The van der Waals surface area contributed by atoms with Gasteiger partial charge in [-0.3, -0.25) is 0 Å². The number of ether oxygens (including phenoxy) is 1. The van der Waals surface area contributed by atoms with Crippen LogP contribution in [0.1, 0.15) is 21.5 Å². The normalized spacial score (nSPS) is 10.6. The summed E-state index contributed by atoms with van der Waals surface area (Å²) in [7, 11) is 1.32. The molecule has 0 amide bonds. The highest BCUT2D eigenvalue weighted by molar-refractivity contribution is 6.30. The number of carbonyl (C=O) groups is 1. The molecule has 0 saturated carbocycles. The topological polar surface area (TPSA) is 64.4 Å². The van der Waals surface area contributed by atoms with Gasteiger partial charge in [-0.1, -0.05) is 35.0 Å². The molecule has 0 aliphatic rings. The maximum Gasteiger partial charge on any atom is 0.345 e. The van der Waals surface area contributed by atoms with E-state index in [0.717, 1.165) is 16.8 Å². The number of halogens is 1. The van der Waals surface area contributed by atoms with Crippen molar-refractivity contribution in [1.82, 2.24) is 5.16 Å². The number of nitrogens with zero attached hydrogens (tertiary/aromatic N) is 1. The van der Waals surface area contributed by atoms with Gasteiger partial charge in [0, 0.05) is 16.3 Å². The number of rotatable bonds is 4. The van der Waals surface area contributed by atoms with Gasteiger partial charge in [-0.05, 0) is 49.2 Å². The zero-order valence-electron chi connectivity index (χ0n) is 14.1. The van der Waals surface area contributed by atoms with Crippen molar-refractivity contribution in [3.63, 3.8) is 0 Å². The first kappa shape index (κ1) is 17.0. The minimum atomic E-state index is -0.539. The van der Waals surface area contributed by atoms with E-state index in [1.165, 1.54) is 7.11 Å². The molecular formula is C19H17ClN2O3. The number of aryl methyl sites for hydroxylation is 2. The number of hydrogen-bond donors (Lipinski definition) is 1. The summed E-state index contributed by atoms with van der Waals surface area (Å²) in [6.45, 7) is 3.99. The Morgan fingerprint density at radius 1 is 1.16 bits per heavy atom. The van der Waals surface area contributed by atoms with Crippen LogP contribution in [0.2, 0.25) is 5.02 Å². The van der Waals surface area contributed by atoms with Gasteiger partial charge in [0.25, 0.3) is 0 Å². The van der Waals surface area contributed by atoms with E-state index in [4.69, 9.17) is 20.9 Å². The summed E-state index contributed by atoms with van der Waals surface area (Å²) >= 11 is 6.04. The van der Waals surface area contributed by atoms with Crippen molar-refractivity contribution >= 4 is 29.1 Å². The van der Waals surface area contributed by atoms with E-state index in [2.05, 4.69) is 16.5 Å². The Bertz CT molecular complexity index is 914. The third-order valence-corrected chi connectivity index (χ3v) is 3.89. The smallest absolute Gasteiger partial charge is 0.345 e. The van der Waals surface area contributed by atoms with Crippen LogP contribution in [0, 0.1) is 13.8 Å². The Morgan fingerprint density at radius 3 is 2.52 bits per heavy atom. The molecule has 0 radical (unpaired) electrons. The molecule has 1 N–H and O–H groups in total. The molecule has 6 heteroatoms. The summed E-state index contributed by atoms with van der Waals surface area (Å²) in [6.07, 6.45) is 0. The van der Waals surface area contributed by atoms with Crippen molar-refractivity contribution < 1.29 is 14.1 Å². The van der Waals surface area contributed by atoms with Crippen molar-refractivity contribution in [3.05, 3.63) is 64.2 Å². The third kappa shape index (κ3) is 3.67. The minimum absolute atomic E-state index is 0.226. The van der Waals surface area contributed by atoms with Crippen LogP contribution in [0.3, 0.4) is 0 Å². The first-order valence-electron chi connectivity index (χ1n) is 7.67. The van der Waals surface area contributed by atoms with Crippen molar-refractivity contribution in [1.29, 1.82) is 0 Å². The minimum Gasteiger partial charge on any atom is -0.465 e. The third-order valence-electron chi connectivity index (χ3n) is 3.66. The molecule has 0 aliphatic carbocycles. The maximum atomic E-state index is 12.3. The van der Waals surface area contributed by atoms with Crippen LogP contribution in [0.25, 0.3) is 11.3 Å². The van der Waals surface area contributed by atoms with Gasteiger partial charge in [-0.15, -0.1) is 0 Å². The molecule has 3 rings (SSSR count). The van der Waals surface area contributed by atoms with Crippen molar-refractivity contribution in [2.75, 3.05) is 12.4 Å². The molecule has 0 bridgehead atoms. The lowest BCUT2D eigenvalue weighted by atomic mass is 10.1. The summed E-state index contributed by atoms with van der Waals surface area (Å²) in [5.41, 5.74) is 4.26. The second-order valence-corrected chi connectivity index (χ2v) is 6.18. The fourth-order valence-corrected chi connectivity index (χ4v) is 2.87. The van der Waals surface area contributed by atoms with Crippen LogP contribution in [-0.4, -0.2) is 18.2 Å². The summed E-state index contributed by atoms with van der Waals surface area (Å²) in [5.74, 6) is -0.310. The molecule has 2 aromatic carbocycles. The molecule has 1 aromatic heterocycles. The van der Waals surface area contributed by atoms with Gasteiger partial charge in [0.1, 0.15) is 5.69 Å². The van der Waals surface area contributed by atoms with E-state index in [9.17, 15) is 4.79 Å². The number of esters is 1. The maximum absolute atomic E-state index is 12.3. The number of nitrogens with one attached hydrogen (secondary N) is 1. The molecule has 0 atom stereocenters. The molecule has 0 unspecified atom stereocenters. The van der Waals surface area contributed by atoms with E-state index in [0.29, 0.717) is 16.3 Å². The van der Waals surface area contributed by atoms with E-state index >= 15 is 0 Å². The predicted octanol–water partition coefficient (Wildman–Crippen LogP) is 5.14. The standard InChI is InChI=1S/C19H17ClN2O3/c1-11-7-12(2)9-15(8-11)21-18-16(19(23)24-3)17(22-25-18)13-5-4-6-14(20)10-13/h4-10,21H,1-3H3. The number of carbonyl (C=O) groups excluding carboxylic acids is 1. The van der Waals surface area contributed by atoms with Crippen molar-refractivity contribution in [2.24, 2.45) is 0 Å². The van der Waals surface area contributed by atoms with Crippen LogP contribution in [0.15, 0.2) is 47.0 Å². The largest absolute Gasteiger partial charge is 0.465 e. The molecule has 128 valence electrons. The predicted molar refractivity (Wildman–Crippen MR) is 97.5 cm³/mol. The van der Waals surface area contributed by atoms with E-state index < -0.39 is 5.97 Å². The fraction of sp³-hybridized carbons (Fsp3) is 0.158. The van der Waals surface area contributed by atoms with Crippen LogP contribution < -0.4 is 5.32 Å². The Kier molecular flexibility index (Phi) is 4.76. The zero-order chi connectivity index (χ0) is 18.0. The van der Waals surface area contributed by atoms with Crippen LogP contribution >= 0.6 is 11.6 Å². The van der Waals surface area contributed by atoms with E-state index in [1.54, 1.807) is 24.3 Å². The SMILES string of the molecule is COC(=O)c1c(-c2cccc(Cl)c2)noc1Nc1cc(C)cc(C)c1. The number of benzene rings is 2. The van der Waals surface area contributed by atoms with E-state index in [-0.39, 0.29) is 11.4 Å². The summed E-state index contributed by atoms with van der Waals surface area (Å²) < 4.78 is 10.3. The lowest BCUT2D eigenvalue weighted by Gasteiger charge is -2.07. The van der Waals surface area contributed by atoms with Gasteiger partial charge in [-0.2, -0.15) is 0 Å². The Hall–Kier alpha value is -2.79. The van der Waals surface area contributed by atoms with Crippen molar-refractivity contribution in [2.45, 2.75) is 13.8 Å². The molecule has 0 fully saturated rings. The Morgan fingerprint density at radius 2 is 1.88 bits per heavy atom. The van der Waals surface area contributed by atoms with Crippen molar-refractivity contribution in [3.8, 4) is 11.3 Å². The molecule has 0 aliphatic heterocycles. The lowest BCUT2D eigenvalue weighted by Crippen LogP contribution is -2.05. The number of methoxy groups -OCH3 is 1. The second kappa shape index (κ2) is 6.99. The van der Waals surface area contributed by atoms with E-state index in [1.807, 2.05) is 26.0 Å². The number of aromatic nitrogens is 1. The molecular weight excluding hydrogens is 340 g/mol. The summed E-state index contributed by atoms with van der Waals surface area (Å²) in [4.78, 5) is 12.3. The first-order chi connectivity index (χ1) is 12.0. The van der Waals surface area contributed by atoms with Gasteiger partial charge in [0.2, 0.25) is 5.88 Å². The average molecular weight is 357 g/mol. The summed E-state index contributed by atoms with van der Waals surface area (Å²) in [5, 5.41) is 7.69. The summed E-state index contributed by atoms with van der Waals surface area (Å²) in [6, 6.07) is 13.0. The highest BCUT2D eigenvalue weighted by atomic mass is 35.5. The highest BCUT2D eigenvalue weighted by Crippen LogP contribution is 2.32. The monoisotopic (exact) mass is 356 g/mol. The molecule has 1 heterocycles. The Balaban J connectivity index is 2.07. The molecule has 25 heavy (non-hydrogen) atoms. The lowest BCUT2D eigenvalue weighted by molar-refractivity contribution is 0.0602. The average Bonchev–Trinajstić information content (AvgIpc) is 2.96. The second-order valence-electron chi connectivity index (χ2n) is 5.74. The first-order valence-corrected chi connectivity index (χ1v) is 8.05. The quantitative estimate of drug-likeness (QED) is 0.655.